The highest BCUT2D eigenvalue weighted by atomic mass is 19.1. The normalized spacial score (nSPS) is 11.7. The number of nitrogen functional groups attached to an aromatic ring is 2. The van der Waals surface area contributed by atoms with E-state index in [0.29, 0.717) is 17.1 Å². The van der Waals surface area contributed by atoms with E-state index < -0.39 is 29.2 Å². The van der Waals surface area contributed by atoms with Gasteiger partial charge in [0, 0.05) is 12.5 Å². The van der Waals surface area contributed by atoms with Crippen LogP contribution in [0, 0.1) is 23.0 Å². The molecule has 0 bridgehead atoms. The molecule has 194 valence electrons. The minimum absolute atomic E-state index is 0.0151. The summed E-state index contributed by atoms with van der Waals surface area (Å²) in [5, 5.41) is 21.6. The third-order valence-corrected chi connectivity index (χ3v) is 5.76. The van der Waals surface area contributed by atoms with E-state index >= 15 is 0 Å². The molecular weight excluding hydrogens is 498 g/mol. The number of nitriles is 1. The van der Waals surface area contributed by atoms with Crippen molar-refractivity contribution in [2.45, 2.75) is 32.2 Å². The molecule has 4 rings (SSSR count). The number of fused-ring (bicyclic) bond motifs is 1. The fourth-order valence-corrected chi connectivity index (χ4v) is 4.14. The smallest absolute Gasteiger partial charge is 0.303 e. The lowest BCUT2D eigenvalue weighted by atomic mass is 10.0. The van der Waals surface area contributed by atoms with Crippen LogP contribution in [0.4, 0.5) is 26.4 Å². The zero-order valence-corrected chi connectivity index (χ0v) is 20.1. The lowest BCUT2D eigenvalue weighted by molar-refractivity contribution is -0.137. The Morgan fingerprint density at radius 1 is 1.18 bits per heavy atom. The van der Waals surface area contributed by atoms with Gasteiger partial charge in [-0.2, -0.15) is 15.2 Å². The summed E-state index contributed by atoms with van der Waals surface area (Å²) < 4.78 is 29.5. The van der Waals surface area contributed by atoms with Crippen molar-refractivity contribution in [3.05, 3.63) is 75.3 Å². The maximum Gasteiger partial charge on any atom is 0.303 e. The molecular formula is C25H22F2N8O3. The van der Waals surface area contributed by atoms with Crippen LogP contribution in [0.15, 0.2) is 41.2 Å². The van der Waals surface area contributed by atoms with Gasteiger partial charge in [-0.15, -0.1) is 0 Å². The number of nitrogens with two attached hydrogens (primary N) is 2. The second-order valence-corrected chi connectivity index (χ2v) is 8.47. The van der Waals surface area contributed by atoms with E-state index in [4.69, 9.17) is 16.6 Å². The van der Waals surface area contributed by atoms with Crippen molar-refractivity contribution in [1.82, 2.24) is 19.5 Å². The predicted octanol–water partition coefficient (Wildman–Crippen LogP) is 3.07. The number of hydrogen-bond acceptors (Lipinski definition) is 9. The number of carbonyl (C=O) groups is 1. The van der Waals surface area contributed by atoms with Crippen molar-refractivity contribution in [2.24, 2.45) is 0 Å². The van der Waals surface area contributed by atoms with Crippen molar-refractivity contribution in [3.8, 4) is 11.8 Å². The molecule has 0 fully saturated rings. The summed E-state index contributed by atoms with van der Waals surface area (Å²) in [6.07, 6.45) is 0.449. The lowest BCUT2D eigenvalue weighted by Crippen LogP contribution is -2.28. The van der Waals surface area contributed by atoms with Crippen molar-refractivity contribution in [2.75, 3.05) is 16.8 Å². The molecule has 2 heterocycles. The maximum absolute atomic E-state index is 14.2. The van der Waals surface area contributed by atoms with Crippen LogP contribution in [0.5, 0.6) is 0 Å². The molecule has 0 aliphatic carbocycles. The van der Waals surface area contributed by atoms with Gasteiger partial charge in [-0.05, 0) is 43.5 Å². The Balaban J connectivity index is 1.93. The second kappa shape index (κ2) is 10.5. The molecule has 0 radical (unpaired) electrons. The third-order valence-electron chi connectivity index (χ3n) is 5.76. The molecule has 0 aliphatic heterocycles. The Labute approximate surface area is 214 Å². The lowest BCUT2D eigenvalue weighted by Gasteiger charge is -2.21. The fourth-order valence-electron chi connectivity index (χ4n) is 4.14. The van der Waals surface area contributed by atoms with Gasteiger partial charge in [0.2, 0.25) is 5.95 Å². The van der Waals surface area contributed by atoms with Crippen LogP contribution in [-0.2, 0) is 11.2 Å². The number of nitrogens with one attached hydrogen (secondary N) is 1. The van der Waals surface area contributed by atoms with Gasteiger partial charge in [0.25, 0.3) is 5.56 Å². The van der Waals surface area contributed by atoms with Gasteiger partial charge >= 0.3 is 5.97 Å². The number of benzene rings is 2. The first-order valence-electron chi connectivity index (χ1n) is 11.4. The van der Waals surface area contributed by atoms with Crippen molar-refractivity contribution >= 4 is 34.5 Å². The molecule has 0 amide bonds. The predicted molar refractivity (Wildman–Crippen MR) is 135 cm³/mol. The molecule has 0 saturated heterocycles. The van der Waals surface area contributed by atoms with Crippen LogP contribution < -0.4 is 22.3 Å². The largest absolute Gasteiger partial charge is 0.481 e. The van der Waals surface area contributed by atoms with Crippen LogP contribution in [0.3, 0.4) is 0 Å². The Morgan fingerprint density at radius 2 is 1.89 bits per heavy atom. The molecule has 2 aromatic heterocycles. The summed E-state index contributed by atoms with van der Waals surface area (Å²) in [6, 6.07) is 8.65. The molecule has 1 unspecified atom stereocenters. The van der Waals surface area contributed by atoms with Gasteiger partial charge in [0.15, 0.2) is 5.82 Å². The van der Waals surface area contributed by atoms with Gasteiger partial charge in [0.1, 0.15) is 34.9 Å². The zero-order valence-electron chi connectivity index (χ0n) is 20.1. The standard InChI is InChI=1S/C25H22F2N8O3/c1-12(31-22-17(11-28)21(29)33-25(30)34-22)23-32-18-6-2-4-13(5-3-7-19(36)37)20(18)24(38)35(23)16-9-14(26)8-15(27)10-16/h2,4,6,8-10,12H,3,5,7H2,1H3,(H,36,37)(H5,29,30,31,33,34). The van der Waals surface area contributed by atoms with Crippen LogP contribution in [0.2, 0.25) is 0 Å². The number of aromatic nitrogens is 4. The summed E-state index contributed by atoms with van der Waals surface area (Å²) in [6.45, 7) is 1.60. The summed E-state index contributed by atoms with van der Waals surface area (Å²) in [5.41, 5.74) is 11.5. The van der Waals surface area contributed by atoms with Gasteiger partial charge < -0.3 is 21.9 Å². The van der Waals surface area contributed by atoms with E-state index in [1.165, 1.54) is 0 Å². The SMILES string of the molecule is CC(Nc1nc(N)nc(N)c1C#N)c1nc2cccc(CCCC(=O)O)c2c(=O)n1-c1cc(F)cc(F)c1. The number of nitrogens with zero attached hydrogens (tertiary/aromatic N) is 5. The van der Waals surface area contributed by atoms with E-state index in [2.05, 4.69) is 20.3 Å². The number of rotatable bonds is 8. The number of anilines is 3. The summed E-state index contributed by atoms with van der Waals surface area (Å²) >= 11 is 0. The van der Waals surface area contributed by atoms with Crippen molar-refractivity contribution < 1.29 is 18.7 Å². The van der Waals surface area contributed by atoms with Crippen LogP contribution >= 0.6 is 0 Å². The summed E-state index contributed by atoms with van der Waals surface area (Å²) in [4.78, 5) is 37.3. The average molecular weight is 521 g/mol. The van der Waals surface area contributed by atoms with Gasteiger partial charge in [0.05, 0.1) is 22.6 Å². The summed E-state index contributed by atoms with van der Waals surface area (Å²) in [5.74, 6) is -3.10. The van der Waals surface area contributed by atoms with Gasteiger partial charge in [-0.25, -0.2) is 13.8 Å². The van der Waals surface area contributed by atoms with Gasteiger partial charge in [-0.3, -0.25) is 14.2 Å². The molecule has 0 aliphatic rings. The number of carboxylic acids is 1. The molecule has 4 aromatic rings. The average Bonchev–Trinajstić information content (AvgIpc) is 2.82. The second-order valence-electron chi connectivity index (χ2n) is 8.47. The minimum Gasteiger partial charge on any atom is -0.481 e. The maximum atomic E-state index is 14.2. The van der Waals surface area contributed by atoms with Crippen molar-refractivity contribution in [1.29, 1.82) is 5.26 Å². The highest BCUT2D eigenvalue weighted by Gasteiger charge is 2.22. The monoisotopic (exact) mass is 520 g/mol. The highest BCUT2D eigenvalue weighted by Crippen LogP contribution is 2.26. The Morgan fingerprint density at radius 3 is 2.55 bits per heavy atom. The number of aryl methyl sites for hydroxylation is 1. The van der Waals surface area contributed by atoms with E-state index in [1.54, 1.807) is 25.1 Å². The topological polar surface area (TPSA) is 186 Å². The first-order chi connectivity index (χ1) is 18.1. The number of carboxylic acid groups (broad SMARTS) is 1. The first kappa shape index (κ1) is 26.0. The molecule has 2 aromatic carbocycles. The zero-order chi connectivity index (χ0) is 27.6. The highest BCUT2D eigenvalue weighted by molar-refractivity contribution is 5.82. The number of aliphatic carboxylic acids is 1. The Bertz CT molecular complexity index is 1650. The molecule has 13 heteroatoms. The third kappa shape index (κ3) is 5.19. The van der Waals surface area contributed by atoms with Crippen LogP contribution in [0.1, 0.15) is 42.8 Å². The van der Waals surface area contributed by atoms with E-state index in [-0.39, 0.29) is 59.3 Å². The Kier molecular flexibility index (Phi) is 7.15. The molecule has 6 N–H and O–H groups in total. The van der Waals surface area contributed by atoms with E-state index in [9.17, 15) is 23.6 Å². The quantitative estimate of drug-likeness (QED) is 0.269. The van der Waals surface area contributed by atoms with Crippen LogP contribution in [-0.4, -0.2) is 30.6 Å². The fraction of sp³-hybridized carbons (Fsp3) is 0.200. The molecule has 38 heavy (non-hydrogen) atoms. The molecule has 11 nitrogen and oxygen atoms in total. The number of hydrogen-bond donors (Lipinski definition) is 4. The first-order valence-corrected chi connectivity index (χ1v) is 11.4. The molecule has 1 atom stereocenters. The summed E-state index contributed by atoms with van der Waals surface area (Å²) in [7, 11) is 0. The number of halogens is 2. The van der Waals surface area contributed by atoms with E-state index in [0.717, 1.165) is 16.7 Å². The van der Waals surface area contributed by atoms with E-state index in [1.807, 2.05) is 6.07 Å². The van der Waals surface area contributed by atoms with Crippen LogP contribution in [0.25, 0.3) is 16.6 Å². The van der Waals surface area contributed by atoms with Crippen molar-refractivity contribution in [3.63, 3.8) is 0 Å². The Hall–Kier alpha value is -5.12. The minimum atomic E-state index is -0.971. The molecule has 0 spiro atoms. The molecule has 0 saturated carbocycles. The van der Waals surface area contributed by atoms with Gasteiger partial charge in [-0.1, -0.05) is 12.1 Å².